The molecule has 1 N–H and O–H groups in total. The number of ether oxygens (including phenoxy) is 3. The summed E-state index contributed by atoms with van der Waals surface area (Å²) < 4.78 is 16.5. The van der Waals surface area contributed by atoms with Crippen LogP contribution in [0.3, 0.4) is 0 Å². The number of rotatable bonds is 11. The second kappa shape index (κ2) is 10.8. The third kappa shape index (κ3) is 7.51. The summed E-state index contributed by atoms with van der Waals surface area (Å²) in [6.07, 6.45) is 0.0183. The minimum Gasteiger partial charge on any atom is -0.466 e. The van der Waals surface area contributed by atoms with Gasteiger partial charge in [0.05, 0.1) is 32.8 Å². The Morgan fingerprint density at radius 3 is 2.11 bits per heavy atom. The van der Waals surface area contributed by atoms with Crippen LogP contribution in [0.15, 0.2) is 60.7 Å². The van der Waals surface area contributed by atoms with Gasteiger partial charge in [0.15, 0.2) is 5.79 Å². The van der Waals surface area contributed by atoms with Crippen molar-refractivity contribution in [2.45, 2.75) is 39.3 Å². The predicted octanol–water partition coefficient (Wildman–Crippen LogP) is 3.70. The highest BCUT2D eigenvalue weighted by molar-refractivity contribution is 5.69. The molecule has 0 saturated heterocycles. The van der Waals surface area contributed by atoms with Crippen LogP contribution in [0, 0.1) is 5.92 Å². The van der Waals surface area contributed by atoms with Crippen LogP contribution in [-0.2, 0) is 32.2 Å². The van der Waals surface area contributed by atoms with Crippen LogP contribution in [0.1, 0.15) is 31.4 Å². The zero-order valence-corrected chi connectivity index (χ0v) is 16.0. The first-order valence-electron chi connectivity index (χ1n) is 9.18. The van der Waals surface area contributed by atoms with E-state index in [2.05, 4.69) is 0 Å². The van der Waals surface area contributed by atoms with E-state index in [0.717, 1.165) is 11.1 Å². The molecule has 27 heavy (non-hydrogen) atoms. The molecule has 0 fully saturated rings. The van der Waals surface area contributed by atoms with Gasteiger partial charge in [0, 0.05) is 5.92 Å². The summed E-state index contributed by atoms with van der Waals surface area (Å²) in [6, 6.07) is 19.3. The largest absolute Gasteiger partial charge is 0.466 e. The van der Waals surface area contributed by atoms with Gasteiger partial charge >= 0.3 is 5.97 Å². The predicted molar refractivity (Wildman–Crippen MR) is 103 cm³/mol. The maximum Gasteiger partial charge on any atom is 0.306 e. The summed E-state index contributed by atoms with van der Waals surface area (Å²) in [4.78, 5) is 12.0. The van der Waals surface area contributed by atoms with Crippen molar-refractivity contribution in [1.29, 1.82) is 0 Å². The van der Waals surface area contributed by atoms with Crippen molar-refractivity contribution in [3.63, 3.8) is 0 Å². The highest BCUT2D eigenvalue weighted by Crippen LogP contribution is 2.25. The Kier molecular flexibility index (Phi) is 8.45. The van der Waals surface area contributed by atoms with Crippen molar-refractivity contribution in [3.8, 4) is 0 Å². The van der Waals surface area contributed by atoms with Crippen LogP contribution in [0.25, 0.3) is 0 Å². The van der Waals surface area contributed by atoms with Gasteiger partial charge in [-0.25, -0.2) is 0 Å². The molecule has 2 rings (SSSR count). The third-order valence-electron chi connectivity index (χ3n) is 4.28. The van der Waals surface area contributed by atoms with Gasteiger partial charge in [-0.2, -0.15) is 0 Å². The summed E-state index contributed by atoms with van der Waals surface area (Å²) in [5.74, 6) is -2.46. The van der Waals surface area contributed by atoms with Crippen LogP contribution in [-0.4, -0.2) is 30.1 Å². The molecule has 0 amide bonds. The van der Waals surface area contributed by atoms with Crippen molar-refractivity contribution in [1.82, 2.24) is 0 Å². The smallest absolute Gasteiger partial charge is 0.306 e. The molecule has 0 aliphatic heterocycles. The molecule has 5 nitrogen and oxygen atoms in total. The van der Waals surface area contributed by atoms with Gasteiger partial charge < -0.3 is 19.3 Å². The maximum absolute atomic E-state index is 12.0. The van der Waals surface area contributed by atoms with Crippen LogP contribution in [0.2, 0.25) is 0 Å². The maximum atomic E-state index is 12.0. The molecule has 0 spiro atoms. The van der Waals surface area contributed by atoms with Gasteiger partial charge in [-0.1, -0.05) is 60.7 Å². The summed E-state index contributed by atoms with van der Waals surface area (Å²) in [5, 5.41) is 10.8. The van der Waals surface area contributed by atoms with E-state index in [4.69, 9.17) is 14.2 Å². The van der Waals surface area contributed by atoms with Crippen LogP contribution < -0.4 is 0 Å². The summed E-state index contributed by atoms with van der Waals surface area (Å²) in [5.41, 5.74) is 1.97. The fourth-order valence-electron chi connectivity index (χ4n) is 2.64. The third-order valence-corrected chi connectivity index (χ3v) is 4.28. The fraction of sp³-hybridized carbons (Fsp3) is 0.409. The minimum atomic E-state index is -1.53. The fourth-order valence-corrected chi connectivity index (χ4v) is 2.64. The van der Waals surface area contributed by atoms with E-state index in [-0.39, 0.29) is 25.6 Å². The number of hydrogen-bond acceptors (Lipinski definition) is 5. The van der Waals surface area contributed by atoms with E-state index in [1.54, 1.807) is 13.8 Å². The van der Waals surface area contributed by atoms with Crippen molar-refractivity contribution in [3.05, 3.63) is 71.8 Å². The molecule has 146 valence electrons. The molecule has 0 bridgehead atoms. The number of carbonyl (C=O) groups is 1. The van der Waals surface area contributed by atoms with Gasteiger partial charge in [-0.15, -0.1) is 0 Å². The van der Waals surface area contributed by atoms with Crippen molar-refractivity contribution in [2.75, 3.05) is 13.2 Å². The Hall–Kier alpha value is -2.21. The summed E-state index contributed by atoms with van der Waals surface area (Å²) >= 11 is 0. The molecule has 0 saturated carbocycles. The van der Waals surface area contributed by atoms with Gasteiger partial charge in [0.2, 0.25) is 0 Å². The van der Waals surface area contributed by atoms with Crippen LogP contribution in [0.4, 0.5) is 0 Å². The van der Waals surface area contributed by atoms with Gasteiger partial charge in [-0.3, -0.25) is 4.79 Å². The van der Waals surface area contributed by atoms with E-state index < -0.39 is 11.7 Å². The van der Waals surface area contributed by atoms with E-state index in [0.29, 0.717) is 13.2 Å². The molecule has 0 aliphatic carbocycles. The standard InChI is InChI=1S/C22H28O5/c1-3-26-21(23)14-20(17-25-15-18-10-6-4-7-11-18)22(2,24)27-16-19-12-8-5-9-13-19/h4-13,20,24H,3,14-17H2,1-2H3. The van der Waals surface area contributed by atoms with E-state index in [1.165, 1.54) is 0 Å². The normalized spacial score (nSPS) is 14.3. The number of aliphatic hydroxyl groups is 1. The van der Waals surface area contributed by atoms with Gasteiger partial charge in [0.25, 0.3) is 0 Å². The first-order chi connectivity index (χ1) is 13.0. The van der Waals surface area contributed by atoms with Gasteiger partial charge in [0.1, 0.15) is 0 Å². The van der Waals surface area contributed by atoms with E-state index in [1.807, 2.05) is 60.7 Å². The lowest BCUT2D eigenvalue weighted by Crippen LogP contribution is -2.41. The SMILES string of the molecule is CCOC(=O)CC(COCc1ccccc1)C(C)(O)OCc1ccccc1. The Morgan fingerprint density at radius 1 is 1.00 bits per heavy atom. The average Bonchev–Trinajstić information content (AvgIpc) is 2.67. The zero-order valence-electron chi connectivity index (χ0n) is 16.0. The number of benzene rings is 2. The quantitative estimate of drug-likeness (QED) is 0.481. The highest BCUT2D eigenvalue weighted by atomic mass is 16.6. The first-order valence-corrected chi connectivity index (χ1v) is 9.18. The molecule has 2 atom stereocenters. The van der Waals surface area contributed by atoms with Crippen LogP contribution in [0.5, 0.6) is 0 Å². The second-order valence-corrected chi connectivity index (χ2v) is 6.54. The topological polar surface area (TPSA) is 65.0 Å². The lowest BCUT2D eigenvalue weighted by Gasteiger charge is -2.32. The second-order valence-electron chi connectivity index (χ2n) is 6.54. The van der Waals surface area contributed by atoms with Gasteiger partial charge in [-0.05, 0) is 25.0 Å². The van der Waals surface area contributed by atoms with E-state index in [9.17, 15) is 9.90 Å². The number of hydrogen-bond donors (Lipinski definition) is 1. The average molecular weight is 372 g/mol. The Bertz CT molecular complexity index is 670. The van der Waals surface area contributed by atoms with Crippen LogP contribution >= 0.6 is 0 Å². The zero-order chi connectivity index (χ0) is 19.5. The highest BCUT2D eigenvalue weighted by Gasteiger charge is 2.35. The minimum absolute atomic E-state index is 0.0183. The number of esters is 1. The summed E-state index contributed by atoms with van der Waals surface area (Å²) in [7, 11) is 0. The molecule has 2 aromatic rings. The monoisotopic (exact) mass is 372 g/mol. The Labute approximate surface area is 160 Å². The molecule has 0 aromatic heterocycles. The lowest BCUT2D eigenvalue weighted by atomic mass is 9.97. The summed E-state index contributed by atoms with van der Waals surface area (Å²) in [6.45, 7) is 4.42. The van der Waals surface area contributed by atoms with Crippen molar-refractivity contribution < 1.29 is 24.1 Å². The van der Waals surface area contributed by atoms with E-state index >= 15 is 0 Å². The Morgan fingerprint density at radius 2 is 1.56 bits per heavy atom. The lowest BCUT2D eigenvalue weighted by molar-refractivity contribution is -0.242. The van der Waals surface area contributed by atoms with Crippen molar-refractivity contribution >= 4 is 5.97 Å². The molecule has 2 aromatic carbocycles. The molecular formula is C22H28O5. The molecule has 0 aliphatic rings. The first kappa shape index (κ1) is 21.1. The molecule has 2 unspecified atom stereocenters. The molecule has 0 radical (unpaired) electrons. The molecular weight excluding hydrogens is 344 g/mol. The number of carbonyl (C=O) groups excluding carboxylic acids is 1. The van der Waals surface area contributed by atoms with Crippen molar-refractivity contribution in [2.24, 2.45) is 5.92 Å². The molecule has 5 heteroatoms. The molecule has 0 heterocycles. The Balaban J connectivity index is 1.96.